The van der Waals surface area contributed by atoms with Crippen LogP contribution in [0.4, 0.5) is 0 Å². The maximum absolute atomic E-state index is 12.5. The first-order valence-corrected chi connectivity index (χ1v) is 7.64. The predicted molar refractivity (Wildman–Crippen MR) is 76.7 cm³/mol. The number of nitrogens with one attached hydrogen (secondary N) is 1. The highest BCUT2D eigenvalue weighted by Gasteiger charge is 2.28. The summed E-state index contributed by atoms with van der Waals surface area (Å²) >= 11 is 0. The number of hydrogen-bond acceptors (Lipinski definition) is 2. The first kappa shape index (κ1) is 16.0. The van der Waals surface area contributed by atoms with Gasteiger partial charge < -0.3 is 10.2 Å². The van der Waals surface area contributed by atoms with Gasteiger partial charge in [-0.2, -0.15) is 0 Å². The molecule has 1 fully saturated rings. The van der Waals surface area contributed by atoms with Crippen molar-refractivity contribution in [2.24, 2.45) is 5.92 Å². The molecule has 1 N–H and O–H groups in total. The van der Waals surface area contributed by atoms with Crippen LogP contribution < -0.4 is 5.32 Å². The second-order valence-corrected chi connectivity index (χ2v) is 5.78. The van der Waals surface area contributed by atoms with Crippen LogP contribution >= 0.6 is 0 Å². The molecule has 0 spiro atoms. The van der Waals surface area contributed by atoms with Gasteiger partial charge in [0, 0.05) is 19.5 Å². The van der Waals surface area contributed by atoms with Crippen molar-refractivity contribution in [3.8, 4) is 0 Å². The number of hydrogen-bond donors (Lipinski definition) is 1. The number of nitrogens with zero attached hydrogens (tertiary/aromatic N) is 1. The second kappa shape index (κ2) is 8.18. The Balaban J connectivity index is 2.55. The van der Waals surface area contributed by atoms with Gasteiger partial charge in [-0.25, -0.2) is 0 Å². The van der Waals surface area contributed by atoms with E-state index in [-0.39, 0.29) is 23.8 Å². The van der Waals surface area contributed by atoms with Crippen molar-refractivity contribution in [3.63, 3.8) is 0 Å². The SMILES string of the molecule is CCCCC(=O)N[C@@H](C(=O)N1CCCCC1)C(C)C. The van der Waals surface area contributed by atoms with Gasteiger partial charge in [0.25, 0.3) is 0 Å². The van der Waals surface area contributed by atoms with E-state index in [0.29, 0.717) is 6.42 Å². The van der Waals surface area contributed by atoms with Crippen molar-refractivity contribution in [2.45, 2.75) is 65.3 Å². The fraction of sp³-hybridized carbons (Fsp3) is 0.867. The smallest absolute Gasteiger partial charge is 0.245 e. The third-order valence-corrected chi connectivity index (χ3v) is 3.67. The van der Waals surface area contributed by atoms with Crippen LogP contribution in [0.5, 0.6) is 0 Å². The average molecular weight is 268 g/mol. The van der Waals surface area contributed by atoms with Crippen LogP contribution in [-0.4, -0.2) is 35.8 Å². The molecule has 4 nitrogen and oxygen atoms in total. The summed E-state index contributed by atoms with van der Waals surface area (Å²) in [5.74, 6) is 0.241. The molecule has 0 aromatic rings. The van der Waals surface area contributed by atoms with E-state index >= 15 is 0 Å². The minimum Gasteiger partial charge on any atom is -0.344 e. The van der Waals surface area contributed by atoms with Gasteiger partial charge in [-0.05, 0) is 31.6 Å². The summed E-state index contributed by atoms with van der Waals surface area (Å²) in [6, 6.07) is -0.359. The zero-order valence-corrected chi connectivity index (χ0v) is 12.6. The molecular formula is C15H28N2O2. The molecule has 19 heavy (non-hydrogen) atoms. The van der Waals surface area contributed by atoms with E-state index in [9.17, 15) is 9.59 Å². The van der Waals surface area contributed by atoms with Crippen molar-refractivity contribution in [3.05, 3.63) is 0 Å². The Morgan fingerprint density at radius 3 is 2.32 bits per heavy atom. The molecule has 0 radical (unpaired) electrons. The number of carbonyl (C=O) groups excluding carboxylic acids is 2. The van der Waals surface area contributed by atoms with Crippen LogP contribution in [0, 0.1) is 5.92 Å². The van der Waals surface area contributed by atoms with Crippen LogP contribution in [0.25, 0.3) is 0 Å². The summed E-state index contributed by atoms with van der Waals surface area (Å²) in [5.41, 5.74) is 0. The topological polar surface area (TPSA) is 49.4 Å². The van der Waals surface area contributed by atoms with Gasteiger partial charge in [-0.1, -0.05) is 27.2 Å². The van der Waals surface area contributed by atoms with Gasteiger partial charge in [-0.15, -0.1) is 0 Å². The van der Waals surface area contributed by atoms with E-state index in [1.807, 2.05) is 18.7 Å². The summed E-state index contributed by atoms with van der Waals surface area (Å²) in [4.78, 5) is 26.2. The van der Waals surface area contributed by atoms with E-state index in [4.69, 9.17) is 0 Å². The van der Waals surface area contributed by atoms with Crippen molar-refractivity contribution in [2.75, 3.05) is 13.1 Å². The number of likely N-dealkylation sites (tertiary alicyclic amines) is 1. The normalized spacial score (nSPS) is 17.4. The molecule has 0 bridgehead atoms. The molecular weight excluding hydrogens is 240 g/mol. The number of carbonyl (C=O) groups is 2. The standard InChI is InChI=1S/C15H28N2O2/c1-4-5-9-13(18)16-14(12(2)3)15(19)17-10-7-6-8-11-17/h12,14H,4-11H2,1-3H3,(H,16,18)/t14-/m1/s1. The fourth-order valence-electron chi connectivity index (χ4n) is 2.41. The van der Waals surface area contributed by atoms with Crippen LogP contribution in [0.1, 0.15) is 59.3 Å². The molecule has 1 aliphatic rings. The van der Waals surface area contributed by atoms with Crippen LogP contribution in [0.3, 0.4) is 0 Å². The minimum atomic E-state index is -0.359. The summed E-state index contributed by atoms with van der Waals surface area (Å²) in [5, 5.41) is 2.92. The van der Waals surface area contributed by atoms with E-state index < -0.39 is 0 Å². The minimum absolute atomic E-state index is 0.00547. The van der Waals surface area contributed by atoms with Crippen LogP contribution in [-0.2, 0) is 9.59 Å². The zero-order valence-electron chi connectivity index (χ0n) is 12.6. The molecule has 0 aromatic heterocycles. The van der Waals surface area contributed by atoms with Gasteiger partial charge in [0.05, 0.1) is 0 Å². The van der Waals surface area contributed by atoms with Gasteiger partial charge in [0.2, 0.25) is 11.8 Å². The first-order chi connectivity index (χ1) is 9.06. The van der Waals surface area contributed by atoms with Crippen LogP contribution in [0.2, 0.25) is 0 Å². The van der Waals surface area contributed by atoms with Gasteiger partial charge in [-0.3, -0.25) is 9.59 Å². The Morgan fingerprint density at radius 2 is 1.79 bits per heavy atom. The van der Waals surface area contributed by atoms with E-state index in [0.717, 1.165) is 38.8 Å². The molecule has 2 amide bonds. The molecule has 0 unspecified atom stereocenters. The lowest BCUT2D eigenvalue weighted by Crippen LogP contribution is -2.52. The molecule has 110 valence electrons. The molecule has 1 saturated heterocycles. The van der Waals surface area contributed by atoms with Crippen molar-refractivity contribution < 1.29 is 9.59 Å². The van der Waals surface area contributed by atoms with Crippen molar-refractivity contribution >= 4 is 11.8 Å². The maximum Gasteiger partial charge on any atom is 0.245 e. The number of piperidine rings is 1. The van der Waals surface area contributed by atoms with Gasteiger partial charge >= 0.3 is 0 Å². The first-order valence-electron chi connectivity index (χ1n) is 7.64. The Labute approximate surface area is 116 Å². The largest absolute Gasteiger partial charge is 0.344 e. The lowest BCUT2D eigenvalue weighted by atomic mass is 10.0. The molecule has 4 heteroatoms. The predicted octanol–water partition coefficient (Wildman–Crippen LogP) is 2.33. The lowest BCUT2D eigenvalue weighted by molar-refractivity contribution is -0.138. The monoisotopic (exact) mass is 268 g/mol. The second-order valence-electron chi connectivity index (χ2n) is 5.78. The molecule has 1 rings (SSSR count). The zero-order chi connectivity index (χ0) is 14.3. The third-order valence-electron chi connectivity index (χ3n) is 3.67. The summed E-state index contributed by atoms with van der Waals surface area (Å²) in [6.45, 7) is 7.73. The third kappa shape index (κ3) is 5.21. The van der Waals surface area contributed by atoms with Crippen LogP contribution in [0.15, 0.2) is 0 Å². The highest BCUT2D eigenvalue weighted by Crippen LogP contribution is 2.13. The number of rotatable bonds is 6. The summed E-state index contributed by atoms with van der Waals surface area (Å²) in [6.07, 6.45) is 5.78. The highest BCUT2D eigenvalue weighted by molar-refractivity contribution is 5.87. The highest BCUT2D eigenvalue weighted by atomic mass is 16.2. The molecule has 1 aliphatic heterocycles. The Kier molecular flexibility index (Phi) is 6.89. The van der Waals surface area contributed by atoms with Gasteiger partial charge in [0.15, 0.2) is 0 Å². The number of unbranched alkanes of at least 4 members (excludes halogenated alkanes) is 1. The van der Waals surface area contributed by atoms with Gasteiger partial charge in [0.1, 0.15) is 6.04 Å². The summed E-state index contributed by atoms with van der Waals surface area (Å²) < 4.78 is 0. The van der Waals surface area contributed by atoms with E-state index in [2.05, 4.69) is 12.2 Å². The Bertz CT molecular complexity index is 297. The molecule has 0 aliphatic carbocycles. The van der Waals surface area contributed by atoms with Crippen molar-refractivity contribution in [1.29, 1.82) is 0 Å². The molecule has 1 heterocycles. The molecule has 1 atom stereocenters. The van der Waals surface area contributed by atoms with E-state index in [1.165, 1.54) is 6.42 Å². The van der Waals surface area contributed by atoms with Crippen molar-refractivity contribution in [1.82, 2.24) is 10.2 Å². The maximum atomic E-state index is 12.5. The summed E-state index contributed by atoms with van der Waals surface area (Å²) in [7, 11) is 0. The fourth-order valence-corrected chi connectivity index (χ4v) is 2.41. The lowest BCUT2D eigenvalue weighted by Gasteiger charge is -2.32. The molecule has 0 aromatic carbocycles. The quantitative estimate of drug-likeness (QED) is 0.804. The number of amides is 2. The molecule has 0 saturated carbocycles. The Morgan fingerprint density at radius 1 is 1.16 bits per heavy atom. The Hall–Kier alpha value is -1.06. The average Bonchev–Trinajstić information content (AvgIpc) is 2.42. The van der Waals surface area contributed by atoms with E-state index in [1.54, 1.807) is 0 Å².